The molecule has 4 aliphatic rings. The van der Waals surface area contributed by atoms with Crippen molar-refractivity contribution in [2.75, 3.05) is 0 Å². The van der Waals surface area contributed by atoms with E-state index in [-0.39, 0.29) is 39.8 Å². The Bertz CT molecular complexity index is 1230. The summed E-state index contributed by atoms with van der Waals surface area (Å²) in [6.07, 6.45) is 11.1. The highest BCUT2D eigenvalue weighted by molar-refractivity contribution is 6.14. The van der Waals surface area contributed by atoms with Gasteiger partial charge in [0.05, 0.1) is 5.56 Å². The quantitative estimate of drug-likeness (QED) is 0.494. The monoisotopic (exact) mass is 471 g/mol. The van der Waals surface area contributed by atoms with Gasteiger partial charge in [-0.25, -0.2) is 0 Å². The number of ketones is 3. The second-order valence-electron chi connectivity index (χ2n) is 11.8. The first-order valence-corrected chi connectivity index (χ1v) is 13.1. The number of allylic oxidation sites excluding steroid dienone is 1. The maximum absolute atomic E-state index is 13.9. The van der Waals surface area contributed by atoms with E-state index in [1.54, 1.807) is 12.1 Å². The predicted molar refractivity (Wildman–Crippen MR) is 131 cm³/mol. The van der Waals surface area contributed by atoms with E-state index in [4.69, 9.17) is 4.52 Å². The number of hydrogen-bond donors (Lipinski definition) is 0. The summed E-state index contributed by atoms with van der Waals surface area (Å²) in [6.45, 7) is 4.70. The summed E-state index contributed by atoms with van der Waals surface area (Å²) in [5.74, 6) is 1.60. The molecule has 1 aromatic carbocycles. The predicted octanol–water partition coefficient (Wildman–Crippen LogP) is 6.24. The Morgan fingerprint density at radius 3 is 2.57 bits per heavy atom. The van der Waals surface area contributed by atoms with Crippen molar-refractivity contribution in [1.29, 1.82) is 0 Å². The van der Waals surface area contributed by atoms with Crippen LogP contribution in [-0.4, -0.2) is 22.5 Å². The molecular formula is C30H33NO4. The highest BCUT2D eigenvalue weighted by atomic mass is 16.5. The summed E-state index contributed by atoms with van der Waals surface area (Å²) >= 11 is 0. The van der Waals surface area contributed by atoms with E-state index in [1.165, 1.54) is 11.8 Å². The van der Waals surface area contributed by atoms with Gasteiger partial charge >= 0.3 is 0 Å². The fourth-order valence-corrected chi connectivity index (χ4v) is 8.48. The molecule has 1 heterocycles. The van der Waals surface area contributed by atoms with Gasteiger partial charge in [0.15, 0.2) is 17.3 Å². The van der Waals surface area contributed by atoms with Crippen LogP contribution in [-0.2, 0) is 4.79 Å². The van der Waals surface area contributed by atoms with Gasteiger partial charge in [-0.15, -0.1) is 0 Å². The molecule has 0 radical (unpaired) electrons. The number of carbonyl (C=O) groups is 3. The van der Waals surface area contributed by atoms with E-state index in [0.717, 1.165) is 44.9 Å². The molecule has 0 amide bonds. The van der Waals surface area contributed by atoms with Crippen LogP contribution in [0.4, 0.5) is 0 Å². The van der Waals surface area contributed by atoms with E-state index in [1.807, 2.05) is 24.3 Å². The number of benzene rings is 1. The zero-order valence-corrected chi connectivity index (χ0v) is 20.6. The molecule has 182 valence electrons. The van der Waals surface area contributed by atoms with Crippen molar-refractivity contribution < 1.29 is 18.9 Å². The number of rotatable bonds is 4. The lowest BCUT2D eigenvalue weighted by atomic mass is 9.46. The standard InChI is InChI=1S/C30H33NO4/c1-29-14-12-20(32)16-19(29)8-9-21-23-10-11-25(30(23,2)15-13-24(21)29)28(34)22-17-35-31-26(22)27(33)18-6-4-3-5-7-18/h3-7,16-17,21,23-25H,8-15H2,1-2H3/t21-,23-,24-,25+,29-,30-/m0/s1. The molecule has 4 aliphatic carbocycles. The Labute approximate surface area is 206 Å². The minimum Gasteiger partial charge on any atom is -0.363 e. The number of aromatic nitrogens is 1. The normalized spacial score (nSPS) is 36.1. The van der Waals surface area contributed by atoms with Crippen LogP contribution in [0.3, 0.4) is 0 Å². The van der Waals surface area contributed by atoms with E-state index in [0.29, 0.717) is 35.3 Å². The third kappa shape index (κ3) is 3.34. The minimum atomic E-state index is -0.266. The SMILES string of the molecule is C[C@]12CC[C@H]3[C@@H](CCC4=CC(=O)CC[C@@]43C)[C@@H]1CC[C@@H]2C(=O)c1conc1C(=O)c1ccccc1. The molecular weight excluding hydrogens is 438 g/mol. The zero-order valence-electron chi connectivity index (χ0n) is 20.6. The van der Waals surface area contributed by atoms with Crippen molar-refractivity contribution in [1.82, 2.24) is 5.16 Å². The number of fused-ring (bicyclic) bond motifs is 5. The van der Waals surface area contributed by atoms with Gasteiger partial charge in [-0.05, 0) is 79.6 Å². The molecule has 35 heavy (non-hydrogen) atoms. The Balaban J connectivity index is 1.27. The van der Waals surface area contributed by atoms with Crippen LogP contribution in [0.15, 0.2) is 52.8 Å². The average molecular weight is 472 g/mol. The number of nitrogens with zero attached hydrogens (tertiary/aromatic N) is 1. The van der Waals surface area contributed by atoms with Gasteiger partial charge in [-0.3, -0.25) is 14.4 Å². The minimum absolute atomic E-state index is 0.0138. The summed E-state index contributed by atoms with van der Waals surface area (Å²) in [6, 6.07) is 8.96. The Kier molecular flexibility index (Phi) is 5.24. The third-order valence-corrected chi connectivity index (χ3v) is 10.4. The van der Waals surface area contributed by atoms with Gasteiger partial charge in [-0.1, -0.05) is 54.9 Å². The summed E-state index contributed by atoms with van der Waals surface area (Å²) in [5, 5.41) is 3.96. The molecule has 2 aromatic rings. The Hall–Kier alpha value is -2.82. The zero-order chi connectivity index (χ0) is 24.4. The number of hydrogen-bond acceptors (Lipinski definition) is 5. The fourth-order valence-electron chi connectivity index (χ4n) is 8.48. The largest absolute Gasteiger partial charge is 0.363 e. The van der Waals surface area contributed by atoms with Crippen LogP contribution in [0.25, 0.3) is 0 Å². The number of carbonyl (C=O) groups excluding carboxylic acids is 3. The maximum atomic E-state index is 13.9. The molecule has 0 saturated heterocycles. The van der Waals surface area contributed by atoms with Crippen molar-refractivity contribution in [3.63, 3.8) is 0 Å². The van der Waals surface area contributed by atoms with Crippen molar-refractivity contribution in [3.05, 3.63) is 65.1 Å². The Morgan fingerprint density at radius 2 is 1.77 bits per heavy atom. The molecule has 6 rings (SSSR count). The van der Waals surface area contributed by atoms with Crippen LogP contribution in [0, 0.1) is 34.5 Å². The van der Waals surface area contributed by atoms with Crippen molar-refractivity contribution in [3.8, 4) is 0 Å². The van der Waals surface area contributed by atoms with Crippen molar-refractivity contribution in [2.24, 2.45) is 34.5 Å². The van der Waals surface area contributed by atoms with E-state index >= 15 is 0 Å². The first kappa shape index (κ1) is 22.6. The lowest BCUT2D eigenvalue weighted by molar-refractivity contribution is -0.117. The molecule has 0 aliphatic heterocycles. The van der Waals surface area contributed by atoms with Gasteiger partial charge in [0.1, 0.15) is 6.26 Å². The van der Waals surface area contributed by atoms with Crippen LogP contribution < -0.4 is 0 Å². The van der Waals surface area contributed by atoms with Gasteiger partial charge in [-0.2, -0.15) is 0 Å². The van der Waals surface area contributed by atoms with Gasteiger partial charge in [0, 0.05) is 17.9 Å². The van der Waals surface area contributed by atoms with Crippen LogP contribution in [0.5, 0.6) is 0 Å². The summed E-state index contributed by atoms with van der Waals surface area (Å²) in [4.78, 5) is 39.1. The first-order valence-electron chi connectivity index (χ1n) is 13.1. The van der Waals surface area contributed by atoms with Crippen molar-refractivity contribution >= 4 is 17.3 Å². The van der Waals surface area contributed by atoms with Crippen LogP contribution >= 0.6 is 0 Å². The average Bonchev–Trinajstić information content (AvgIpc) is 3.49. The smallest absolute Gasteiger partial charge is 0.215 e. The molecule has 1 aromatic heterocycles. The lowest BCUT2D eigenvalue weighted by Gasteiger charge is -2.58. The summed E-state index contributed by atoms with van der Waals surface area (Å²) < 4.78 is 5.18. The topological polar surface area (TPSA) is 77.2 Å². The van der Waals surface area contributed by atoms with Gasteiger partial charge in [0.25, 0.3) is 0 Å². The second kappa shape index (κ2) is 8.11. The summed E-state index contributed by atoms with van der Waals surface area (Å²) in [7, 11) is 0. The van der Waals surface area contributed by atoms with E-state index < -0.39 is 0 Å². The molecule has 0 spiro atoms. The van der Waals surface area contributed by atoms with Gasteiger partial charge < -0.3 is 4.52 Å². The molecule has 0 N–H and O–H groups in total. The second-order valence-corrected chi connectivity index (χ2v) is 11.8. The maximum Gasteiger partial charge on any atom is 0.215 e. The van der Waals surface area contributed by atoms with Crippen molar-refractivity contribution in [2.45, 2.75) is 65.2 Å². The third-order valence-electron chi connectivity index (χ3n) is 10.4. The highest BCUT2D eigenvalue weighted by Gasteiger charge is 2.60. The summed E-state index contributed by atoms with van der Waals surface area (Å²) in [5.41, 5.74) is 2.40. The Morgan fingerprint density at radius 1 is 0.971 bits per heavy atom. The molecule has 3 saturated carbocycles. The van der Waals surface area contributed by atoms with Gasteiger partial charge in [0.2, 0.25) is 5.78 Å². The van der Waals surface area contributed by atoms with Crippen LogP contribution in [0.1, 0.15) is 91.6 Å². The molecule has 0 bridgehead atoms. The molecule has 5 heteroatoms. The van der Waals surface area contributed by atoms with E-state index in [2.05, 4.69) is 19.0 Å². The molecule has 3 fully saturated rings. The first-order chi connectivity index (χ1) is 16.8. The van der Waals surface area contributed by atoms with E-state index in [9.17, 15) is 14.4 Å². The lowest BCUT2D eigenvalue weighted by Crippen LogP contribution is -2.51. The molecule has 5 nitrogen and oxygen atoms in total. The molecule has 0 unspecified atom stereocenters. The number of Topliss-reactive ketones (excluding diaryl/α,β-unsaturated/α-hetero) is 1. The molecule has 6 atom stereocenters. The highest BCUT2D eigenvalue weighted by Crippen LogP contribution is 2.66. The fraction of sp³-hybridized carbons (Fsp3) is 0.533. The van der Waals surface area contributed by atoms with Crippen LogP contribution in [0.2, 0.25) is 0 Å².